The zero-order valence-corrected chi connectivity index (χ0v) is 26.4. The number of methoxy groups -OCH3 is 1. The highest BCUT2D eigenvalue weighted by Gasteiger charge is 2.26. The zero-order valence-electron chi connectivity index (χ0n) is 26.4. The van der Waals surface area contributed by atoms with E-state index in [0.29, 0.717) is 23.2 Å². The molecule has 1 amide bonds. The van der Waals surface area contributed by atoms with E-state index in [4.69, 9.17) is 18.9 Å². The number of furan rings is 1. The van der Waals surface area contributed by atoms with Gasteiger partial charge in [-0.3, -0.25) is 4.79 Å². The van der Waals surface area contributed by atoms with Crippen LogP contribution in [0, 0.1) is 5.92 Å². The Morgan fingerprint density at radius 3 is 2.36 bits per heavy atom. The third kappa shape index (κ3) is 7.39. The molecule has 0 radical (unpaired) electrons. The molecule has 1 fully saturated rings. The van der Waals surface area contributed by atoms with Crippen molar-refractivity contribution in [2.75, 3.05) is 7.11 Å². The lowest BCUT2D eigenvalue weighted by Crippen LogP contribution is -2.43. The van der Waals surface area contributed by atoms with E-state index < -0.39 is 17.9 Å². The third-order valence-corrected chi connectivity index (χ3v) is 8.31. The summed E-state index contributed by atoms with van der Waals surface area (Å²) in [4.78, 5) is 31.1. The number of allylic oxidation sites excluding steroid dienone is 1. The monoisotopic (exact) mass is 594 g/mol. The van der Waals surface area contributed by atoms with Gasteiger partial charge >= 0.3 is 5.97 Å². The maximum atomic E-state index is 13.6. The molecule has 2 aromatic carbocycles. The minimum absolute atomic E-state index is 0.0656. The molecule has 7 heteroatoms. The summed E-state index contributed by atoms with van der Waals surface area (Å²) < 4.78 is 17.0. The summed E-state index contributed by atoms with van der Waals surface area (Å²) in [6.07, 6.45) is 5.64. The SMILES string of the molecule is C=C(C)c1ccc(C[C@H](NC(=O)c2cc3ccc(Oc4ccc(C(C)(C)C)cc4)cc3c(CC3CCCC3)n2)C(=O)OC)o1. The molecule has 44 heavy (non-hydrogen) atoms. The summed E-state index contributed by atoms with van der Waals surface area (Å²) in [6, 6.07) is 18.5. The number of rotatable bonds is 10. The highest BCUT2D eigenvalue weighted by atomic mass is 16.5. The maximum Gasteiger partial charge on any atom is 0.328 e. The van der Waals surface area contributed by atoms with Gasteiger partial charge in [0, 0.05) is 17.5 Å². The van der Waals surface area contributed by atoms with Crippen LogP contribution in [-0.4, -0.2) is 30.0 Å². The van der Waals surface area contributed by atoms with Gasteiger partial charge < -0.3 is 19.2 Å². The molecule has 2 aromatic heterocycles. The van der Waals surface area contributed by atoms with Crippen LogP contribution < -0.4 is 10.1 Å². The van der Waals surface area contributed by atoms with Crippen molar-refractivity contribution in [3.05, 3.63) is 95.7 Å². The highest BCUT2D eigenvalue weighted by molar-refractivity contribution is 5.99. The topological polar surface area (TPSA) is 90.7 Å². The molecule has 7 nitrogen and oxygen atoms in total. The lowest BCUT2D eigenvalue weighted by molar-refractivity contribution is -0.142. The van der Waals surface area contributed by atoms with E-state index in [0.717, 1.165) is 47.1 Å². The van der Waals surface area contributed by atoms with Crippen molar-refractivity contribution in [1.29, 1.82) is 0 Å². The van der Waals surface area contributed by atoms with Gasteiger partial charge in [0.2, 0.25) is 0 Å². The molecule has 0 bridgehead atoms. The van der Waals surface area contributed by atoms with Crippen molar-refractivity contribution in [2.24, 2.45) is 5.92 Å². The van der Waals surface area contributed by atoms with Crippen LogP contribution in [0.5, 0.6) is 11.5 Å². The number of fused-ring (bicyclic) bond motifs is 1. The predicted molar refractivity (Wildman–Crippen MR) is 173 cm³/mol. The number of esters is 1. The van der Waals surface area contributed by atoms with Crippen molar-refractivity contribution < 1.29 is 23.5 Å². The van der Waals surface area contributed by atoms with Gasteiger partial charge in [0.25, 0.3) is 5.91 Å². The first kappa shape index (κ1) is 31.0. The Hall–Kier alpha value is -4.39. The molecule has 1 saturated carbocycles. The molecule has 0 saturated heterocycles. The highest BCUT2D eigenvalue weighted by Crippen LogP contribution is 2.33. The van der Waals surface area contributed by atoms with Crippen molar-refractivity contribution in [2.45, 2.75) is 77.7 Å². The normalized spacial score (nSPS) is 14.4. The number of benzene rings is 2. The van der Waals surface area contributed by atoms with E-state index in [1.54, 1.807) is 18.2 Å². The lowest BCUT2D eigenvalue weighted by atomic mass is 9.87. The van der Waals surface area contributed by atoms with Crippen LogP contribution in [0.1, 0.15) is 86.6 Å². The van der Waals surface area contributed by atoms with Crippen molar-refractivity contribution in [3.8, 4) is 11.5 Å². The summed E-state index contributed by atoms with van der Waals surface area (Å²) in [5, 5.41) is 4.68. The van der Waals surface area contributed by atoms with Crippen LogP contribution in [0.2, 0.25) is 0 Å². The van der Waals surface area contributed by atoms with Gasteiger partial charge in [-0.15, -0.1) is 0 Å². The second-order valence-electron chi connectivity index (χ2n) is 12.9. The fraction of sp³-hybridized carbons (Fsp3) is 0.378. The van der Waals surface area contributed by atoms with E-state index >= 15 is 0 Å². The van der Waals surface area contributed by atoms with Gasteiger partial charge in [-0.05, 0) is 83.7 Å². The molecule has 1 N–H and O–H groups in total. The van der Waals surface area contributed by atoms with Crippen LogP contribution in [0.25, 0.3) is 16.3 Å². The predicted octanol–water partition coefficient (Wildman–Crippen LogP) is 8.20. The smallest absolute Gasteiger partial charge is 0.328 e. The molecule has 5 rings (SSSR count). The summed E-state index contributed by atoms with van der Waals surface area (Å²) in [6.45, 7) is 12.3. The first-order chi connectivity index (χ1) is 21.0. The van der Waals surface area contributed by atoms with Crippen LogP contribution in [0.3, 0.4) is 0 Å². The first-order valence-electron chi connectivity index (χ1n) is 15.4. The number of amides is 1. The average Bonchev–Trinajstić information content (AvgIpc) is 3.69. The summed E-state index contributed by atoms with van der Waals surface area (Å²) in [5.74, 6) is 2.17. The molecule has 1 atom stereocenters. The minimum atomic E-state index is -0.937. The first-order valence-corrected chi connectivity index (χ1v) is 15.4. The number of hydrogen-bond donors (Lipinski definition) is 1. The number of nitrogens with one attached hydrogen (secondary N) is 1. The van der Waals surface area contributed by atoms with E-state index in [-0.39, 0.29) is 17.5 Å². The molecule has 1 aliphatic rings. The number of carbonyl (C=O) groups is 2. The number of pyridine rings is 1. The van der Waals surface area contributed by atoms with Crippen LogP contribution in [0.4, 0.5) is 0 Å². The van der Waals surface area contributed by atoms with Gasteiger partial charge in [-0.2, -0.15) is 0 Å². The van der Waals surface area contributed by atoms with Crippen LogP contribution >= 0.6 is 0 Å². The summed E-state index contributed by atoms with van der Waals surface area (Å²) in [5.41, 5.74) is 3.20. The van der Waals surface area contributed by atoms with Crippen molar-refractivity contribution in [1.82, 2.24) is 10.3 Å². The number of carbonyl (C=O) groups excluding carboxylic acids is 2. The molecule has 0 aliphatic heterocycles. The van der Waals surface area contributed by atoms with Gasteiger partial charge in [0.1, 0.15) is 34.8 Å². The minimum Gasteiger partial charge on any atom is -0.467 e. The van der Waals surface area contributed by atoms with E-state index in [2.05, 4.69) is 44.8 Å². The molecule has 230 valence electrons. The Labute approximate surface area is 259 Å². The Morgan fingerprint density at radius 1 is 1.02 bits per heavy atom. The number of ether oxygens (including phenoxy) is 2. The van der Waals surface area contributed by atoms with E-state index in [9.17, 15) is 9.59 Å². The van der Waals surface area contributed by atoms with E-state index in [1.165, 1.54) is 25.5 Å². The molecule has 0 spiro atoms. The second kappa shape index (κ2) is 13.1. The van der Waals surface area contributed by atoms with Crippen LogP contribution in [-0.2, 0) is 27.8 Å². The largest absolute Gasteiger partial charge is 0.467 e. The fourth-order valence-corrected chi connectivity index (χ4v) is 5.76. The summed E-state index contributed by atoms with van der Waals surface area (Å²) in [7, 11) is 1.30. The van der Waals surface area contributed by atoms with E-state index in [1.807, 2.05) is 37.3 Å². The molecule has 0 unspecified atom stereocenters. The number of aromatic nitrogens is 1. The zero-order chi connectivity index (χ0) is 31.4. The lowest BCUT2D eigenvalue weighted by Gasteiger charge is -2.19. The van der Waals surface area contributed by atoms with Crippen LogP contribution in [0.15, 0.2) is 71.7 Å². The Kier molecular flexibility index (Phi) is 9.23. The maximum absolute atomic E-state index is 13.6. The van der Waals surface area contributed by atoms with Gasteiger partial charge in [-0.1, -0.05) is 71.2 Å². The molecule has 4 aromatic rings. The standard InChI is InChI=1S/C37H42N2O5/c1-23(2)34-18-17-29(44-34)22-33(36(41)42-6)39-35(40)32-20-25-11-14-28(43-27-15-12-26(13-16-27)37(3,4)5)21-30(25)31(38-32)19-24-9-7-8-10-24/h11-18,20-21,24,33H,1,7-10,19,22H2,2-6H3,(H,39,40)/t33-/m0/s1. The van der Waals surface area contributed by atoms with Gasteiger partial charge in [-0.25, -0.2) is 9.78 Å². The molecule has 1 aliphatic carbocycles. The van der Waals surface area contributed by atoms with Gasteiger partial charge in [0.15, 0.2) is 0 Å². The second-order valence-corrected chi connectivity index (χ2v) is 12.9. The van der Waals surface area contributed by atoms with Crippen molar-refractivity contribution >= 4 is 28.2 Å². The number of nitrogens with zero attached hydrogens (tertiary/aromatic N) is 1. The Morgan fingerprint density at radius 2 is 1.73 bits per heavy atom. The third-order valence-electron chi connectivity index (χ3n) is 8.31. The average molecular weight is 595 g/mol. The Bertz CT molecular complexity index is 1660. The van der Waals surface area contributed by atoms with Crippen molar-refractivity contribution in [3.63, 3.8) is 0 Å². The molecular formula is C37H42N2O5. The number of hydrogen-bond acceptors (Lipinski definition) is 6. The molecule has 2 heterocycles. The Balaban J connectivity index is 1.42. The van der Waals surface area contributed by atoms with Gasteiger partial charge in [0.05, 0.1) is 7.11 Å². The fourth-order valence-electron chi connectivity index (χ4n) is 5.76. The quantitative estimate of drug-likeness (QED) is 0.186. The summed E-state index contributed by atoms with van der Waals surface area (Å²) >= 11 is 0. The molecular weight excluding hydrogens is 552 g/mol.